The molecule has 14 nitrogen and oxygen atoms in total. The molecule has 0 radical (unpaired) electrons. The molecule has 2 aliphatic rings. The minimum absolute atomic E-state index is 0.197. The molecule has 2 fully saturated rings. The third-order valence-corrected chi connectivity index (χ3v) is 10.0. The molecule has 2 amide bonds. The van der Waals surface area contributed by atoms with E-state index in [0.717, 1.165) is 70.2 Å². The molecule has 54 heavy (non-hydrogen) atoms. The summed E-state index contributed by atoms with van der Waals surface area (Å²) < 4.78 is 0. The molecule has 2 unspecified atom stereocenters. The monoisotopic (exact) mass is 736 g/mol. The van der Waals surface area contributed by atoms with E-state index in [4.69, 9.17) is 0 Å². The van der Waals surface area contributed by atoms with E-state index >= 15 is 0 Å². The Kier molecular flexibility index (Phi) is 11.8. The predicted molar refractivity (Wildman–Crippen MR) is 200 cm³/mol. The molecule has 282 valence electrons. The largest absolute Gasteiger partial charge is 0.480 e. The fraction of sp³-hybridized carbons (Fsp3) is 0.350. The second-order valence-electron chi connectivity index (χ2n) is 13.9. The van der Waals surface area contributed by atoms with Crippen molar-refractivity contribution in [3.63, 3.8) is 0 Å². The van der Waals surface area contributed by atoms with Crippen LogP contribution in [0.3, 0.4) is 0 Å². The zero-order valence-electron chi connectivity index (χ0n) is 30.1. The molecule has 0 bridgehead atoms. The van der Waals surface area contributed by atoms with Gasteiger partial charge in [-0.1, -0.05) is 24.3 Å². The van der Waals surface area contributed by atoms with Crippen molar-refractivity contribution < 1.29 is 39.6 Å². The molecular weight excluding hydrogens is 692 g/mol. The Hall–Kier alpha value is -5.54. The number of nitrogens with one attached hydrogen (secondary N) is 4. The molecule has 0 saturated heterocycles. The number of hydrogen-bond acceptors (Lipinski definition) is 10. The van der Waals surface area contributed by atoms with Crippen molar-refractivity contribution in [1.29, 1.82) is 0 Å². The Labute approximate surface area is 312 Å². The molecule has 6 rings (SSSR count). The van der Waals surface area contributed by atoms with Gasteiger partial charge in [0.25, 0.3) is 11.8 Å². The van der Waals surface area contributed by atoms with E-state index in [0.29, 0.717) is 11.4 Å². The molecular formula is C40H44N6O8. The summed E-state index contributed by atoms with van der Waals surface area (Å²) in [7, 11) is 0. The molecule has 8 N–H and O–H groups in total. The van der Waals surface area contributed by atoms with E-state index in [9.17, 15) is 39.6 Å². The number of rotatable bonds is 17. The third-order valence-electron chi connectivity index (χ3n) is 10.0. The van der Waals surface area contributed by atoms with Gasteiger partial charge in [-0.25, -0.2) is 0 Å². The van der Waals surface area contributed by atoms with Crippen LogP contribution in [0.15, 0.2) is 60.9 Å². The van der Waals surface area contributed by atoms with Crippen LogP contribution in [0, 0.1) is 13.8 Å². The first-order chi connectivity index (χ1) is 26.0. The van der Waals surface area contributed by atoms with E-state index in [2.05, 4.69) is 31.2 Å². The van der Waals surface area contributed by atoms with Gasteiger partial charge in [0, 0.05) is 36.9 Å². The number of nitrogens with zero attached hydrogens (tertiary/aromatic N) is 2. The fourth-order valence-corrected chi connectivity index (χ4v) is 6.52. The van der Waals surface area contributed by atoms with Gasteiger partial charge in [0.15, 0.2) is 0 Å². The van der Waals surface area contributed by atoms with Crippen LogP contribution in [-0.2, 0) is 22.7 Å². The number of carbonyl (C=O) groups is 4. The fourth-order valence-electron chi connectivity index (χ4n) is 6.52. The van der Waals surface area contributed by atoms with Gasteiger partial charge in [0.2, 0.25) is 0 Å². The molecule has 0 spiro atoms. The van der Waals surface area contributed by atoms with Crippen LogP contribution in [0.4, 0.5) is 11.4 Å². The Bertz CT molecular complexity index is 1930. The lowest BCUT2D eigenvalue weighted by molar-refractivity contribution is -0.141. The zero-order valence-corrected chi connectivity index (χ0v) is 30.1. The summed E-state index contributed by atoms with van der Waals surface area (Å²) in [5.74, 6) is -2.54. The van der Waals surface area contributed by atoms with Crippen LogP contribution in [0.5, 0.6) is 0 Å². The highest BCUT2D eigenvalue weighted by Gasteiger charge is 2.30. The number of hydrogen-bond donors (Lipinski definition) is 8. The number of carboxylic acid groups (broad SMARTS) is 2. The quantitative estimate of drug-likeness (QED) is 0.0768. The number of carboxylic acids is 2. The van der Waals surface area contributed by atoms with Crippen molar-refractivity contribution in [2.75, 3.05) is 23.8 Å². The number of pyridine rings is 2. The Morgan fingerprint density at radius 2 is 1.06 bits per heavy atom. The molecule has 2 atom stereocenters. The van der Waals surface area contributed by atoms with Gasteiger partial charge in [-0.3, -0.25) is 39.8 Å². The minimum atomic E-state index is -1.15. The summed E-state index contributed by atoms with van der Waals surface area (Å²) >= 11 is 0. The van der Waals surface area contributed by atoms with Crippen molar-refractivity contribution in [3.8, 4) is 11.1 Å². The first kappa shape index (κ1) is 38.2. The van der Waals surface area contributed by atoms with E-state index in [1.54, 1.807) is 24.5 Å². The van der Waals surface area contributed by atoms with Gasteiger partial charge in [-0.2, -0.15) is 0 Å². The van der Waals surface area contributed by atoms with Crippen LogP contribution in [-0.4, -0.2) is 79.4 Å². The normalized spacial score (nSPS) is 15.0. The Balaban J connectivity index is 1.17. The number of aliphatic hydroxyl groups is 2. The number of anilines is 2. The van der Waals surface area contributed by atoms with Gasteiger partial charge in [-0.05, 0) is 120 Å². The van der Waals surface area contributed by atoms with E-state index < -0.39 is 37.2 Å². The molecule has 0 aliphatic heterocycles. The summed E-state index contributed by atoms with van der Waals surface area (Å²) in [6, 6.07) is 12.5. The van der Waals surface area contributed by atoms with Gasteiger partial charge >= 0.3 is 11.9 Å². The second kappa shape index (κ2) is 16.6. The lowest BCUT2D eigenvalue weighted by atomic mass is 9.94. The summed E-state index contributed by atoms with van der Waals surface area (Å²) in [5, 5.41) is 48.9. The highest BCUT2D eigenvalue weighted by molar-refractivity contribution is 6.05. The van der Waals surface area contributed by atoms with Gasteiger partial charge in [0.1, 0.15) is 23.5 Å². The summed E-state index contributed by atoms with van der Waals surface area (Å²) in [4.78, 5) is 58.5. The molecule has 2 aliphatic carbocycles. The van der Waals surface area contributed by atoms with Crippen molar-refractivity contribution in [2.24, 2.45) is 0 Å². The SMILES string of the molecule is Cc1c(NC(=O)c2cc(C3CC3)c(CNC(CO)C(=O)O)cn2)cccc1-c1cccc(NC(=O)c2cc(C3CC3)c(CNC(CO)C(=O)O)cn2)c1C. The molecule has 2 heterocycles. The summed E-state index contributed by atoms with van der Waals surface area (Å²) in [6.07, 6.45) is 7.02. The minimum Gasteiger partial charge on any atom is -0.480 e. The molecule has 2 aromatic heterocycles. The van der Waals surface area contributed by atoms with Crippen LogP contribution < -0.4 is 21.3 Å². The number of carbonyl (C=O) groups excluding carboxylic acids is 2. The summed E-state index contributed by atoms with van der Waals surface area (Å²) in [5.41, 5.74) is 8.46. The Morgan fingerprint density at radius 3 is 1.39 bits per heavy atom. The van der Waals surface area contributed by atoms with E-state index in [1.165, 1.54) is 0 Å². The highest BCUT2D eigenvalue weighted by Crippen LogP contribution is 2.43. The maximum Gasteiger partial charge on any atom is 0.323 e. The van der Waals surface area contributed by atoms with Crippen molar-refractivity contribution in [3.05, 3.63) is 106 Å². The van der Waals surface area contributed by atoms with E-state index in [1.807, 2.05) is 50.2 Å². The maximum absolute atomic E-state index is 13.5. The van der Waals surface area contributed by atoms with Crippen molar-refractivity contribution >= 4 is 35.1 Å². The molecule has 2 saturated carbocycles. The first-order valence-electron chi connectivity index (χ1n) is 17.9. The number of aliphatic carboxylic acids is 2. The first-order valence-corrected chi connectivity index (χ1v) is 17.9. The zero-order chi connectivity index (χ0) is 38.5. The van der Waals surface area contributed by atoms with Crippen molar-refractivity contribution in [1.82, 2.24) is 20.6 Å². The number of aromatic nitrogens is 2. The van der Waals surface area contributed by atoms with Gasteiger partial charge in [0.05, 0.1) is 13.2 Å². The van der Waals surface area contributed by atoms with Gasteiger partial charge < -0.3 is 31.1 Å². The van der Waals surface area contributed by atoms with Crippen LogP contribution in [0.25, 0.3) is 11.1 Å². The predicted octanol–water partition coefficient (Wildman–Crippen LogP) is 4.09. The standard InChI is InChI=1S/C40H44N6O8/c1-21-27(5-3-7-31(21)45-37(49)33-13-29(23-9-10-23)25(15-41-33)17-43-35(19-47)39(51)52)28-6-4-8-32(22(28)2)46-38(50)34-14-30(24-11-12-24)26(16-42-34)18-44-36(20-48)40(53)54/h3-8,13-16,23-24,35-36,43-44,47-48H,9-12,17-20H2,1-2H3,(H,45,49)(H,46,50)(H,51,52)(H,53,54). The maximum atomic E-state index is 13.5. The molecule has 2 aromatic carbocycles. The Morgan fingerprint density at radius 1 is 0.667 bits per heavy atom. The van der Waals surface area contributed by atoms with Crippen molar-refractivity contribution in [2.45, 2.75) is 76.5 Å². The third kappa shape index (κ3) is 8.80. The number of aliphatic hydroxyl groups excluding tert-OH is 2. The average molecular weight is 737 g/mol. The van der Waals surface area contributed by atoms with Gasteiger partial charge in [-0.15, -0.1) is 0 Å². The highest BCUT2D eigenvalue weighted by atomic mass is 16.4. The van der Waals surface area contributed by atoms with Crippen LogP contribution in [0.2, 0.25) is 0 Å². The second-order valence-corrected chi connectivity index (χ2v) is 13.9. The average Bonchev–Trinajstić information content (AvgIpc) is 4.09. The lowest BCUT2D eigenvalue weighted by Crippen LogP contribution is -2.39. The van der Waals surface area contributed by atoms with Crippen LogP contribution in [0.1, 0.15) is 91.9 Å². The molecule has 4 aromatic rings. The summed E-state index contributed by atoms with van der Waals surface area (Å²) in [6.45, 7) is 3.13. The number of amides is 2. The smallest absolute Gasteiger partial charge is 0.323 e. The van der Waals surface area contributed by atoms with Crippen LogP contribution >= 0.6 is 0 Å². The number of benzene rings is 2. The van der Waals surface area contributed by atoms with E-state index in [-0.39, 0.29) is 48.1 Å². The molecule has 14 heteroatoms. The lowest BCUT2D eigenvalue weighted by Gasteiger charge is -2.18. The topological polar surface area (TPSA) is 223 Å².